The first kappa shape index (κ1) is 8.08. The summed E-state index contributed by atoms with van der Waals surface area (Å²) in [5, 5.41) is 0.466. The van der Waals surface area contributed by atoms with E-state index in [4.69, 9.17) is 27.9 Å². The Morgan fingerprint density at radius 3 is 3.00 bits per heavy atom. The van der Waals surface area contributed by atoms with E-state index in [1.165, 1.54) is 0 Å². The van der Waals surface area contributed by atoms with Crippen molar-refractivity contribution in [1.82, 2.24) is 9.97 Å². The molecule has 0 N–H and O–H groups in total. The van der Waals surface area contributed by atoms with E-state index < -0.39 is 0 Å². The summed E-state index contributed by atoms with van der Waals surface area (Å²) in [6.07, 6.45) is 0.788. The summed E-state index contributed by atoms with van der Waals surface area (Å²) in [6.45, 7) is 0.634. The maximum Gasteiger partial charge on any atom is 0.221 e. The molecule has 64 valence electrons. The number of alkyl halides is 1. The lowest BCUT2D eigenvalue weighted by Crippen LogP contribution is -1.95. The molecule has 5 heteroatoms. The molecule has 0 bridgehead atoms. The van der Waals surface area contributed by atoms with Crippen molar-refractivity contribution in [3.05, 3.63) is 16.5 Å². The first-order valence-electron chi connectivity index (χ1n) is 3.55. The summed E-state index contributed by atoms with van der Waals surface area (Å²) in [5.74, 6) is 1.36. The van der Waals surface area contributed by atoms with Gasteiger partial charge in [-0.1, -0.05) is 11.6 Å². The van der Waals surface area contributed by atoms with Gasteiger partial charge in [-0.15, -0.1) is 11.6 Å². The highest BCUT2D eigenvalue weighted by Gasteiger charge is 2.19. The van der Waals surface area contributed by atoms with E-state index in [0.717, 1.165) is 12.0 Å². The van der Waals surface area contributed by atoms with E-state index in [1.54, 1.807) is 0 Å². The highest BCUT2D eigenvalue weighted by Crippen LogP contribution is 2.28. The molecular weight excluding hydrogens is 199 g/mol. The summed E-state index contributed by atoms with van der Waals surface area (Å²) in [4.78, 5) is 8.09. The standard InChI is InChI=1S/C7H6Cl2N2O/c8-3-5-10-6(9)4-1-2-12-7(4)11-5/h1-3H2. The van der Waals surface area contributed by atoms with Gasteiger partial charge in [0.05, 0.1) is 18.1 Å². The van der Waals surface area contributed by atoms with E-state index in [2.05, 4.69) is 9.97 Å². The number of nitrogens with zero attached hydrogens (tertiary/aromatic N) is 2. The van der Waals surface area contributed by atoms with Crippen LogP contribution in [0.25, 0.3) is 0 Å². The Hall–Kier alpha value is -0.540. The molecule has 1 aliphatic rings. The minimum Gasteiger partial charge on any atom is -0.477 e. The molecule has 0 unspecified atom stereocenters. The number of rotatable bonds is 1. The van der Waals surface area contributed by atoms with Crippen LogP contribution in [-0.2, 0) is 12.3 Å². The van der Waals surface area contributed by atoms with Crippen LogP contribution in [0.2, 0.25) is 5.15 Å². The van der Waals surface area contributed by atoms with Crippen LogP contribution in [0.3, 0.4) is 0 Å². The van der Waals surface area contributed by atoms with Crippen LogP contribution < -0.4 is 4.74 Å². The zero-order chi connectivity index (χ0) is 8.55. The average molecular weight is 205 g/mol. The lowest BCUT2D eigenvalue weighted by Gasteiger charge is -2.00. The topological polar surface area (TPSA) is 35.0 Å². The third-order valence-electron chi connectivity index (χ3n) is 1.68. The summed E-state index contributed by atoms with van der Waals surface area (Å²) in [5.41, 5.74) is 0.894. The van der Waals surface area contributed by atoms with Crippen LogP contribution >= 0.6 is 23.2 Å². The molecule has 2 rings (SSSR count). The lowest BCUT2D eigenvalue weighted by molar-refractivity contribution is 0.343. The fourth-order valence-corrected chi connectivity index (χ4v) is 1.51. The van der Waals surface area contributed by atoms with Crippen molar-refractivity contribution in [1.29, 1.82) is 0 Å². The Kier molecular flexibility index (Phi) is 2.07. The van der Waals surface area contributed by atoms with Gasteiger partial charge in [-0.2, -0.15) is 4.98 Å². The lowest BCUT2D eigenvalue weighted by atomic mass is 10.3. The highest BCUT2D eigenvalue weighted by molar-refractivity contribution is 6.30. The largest absolute Gasteiger partial charge is 0.477 e. The van der Waals surface area contributed by atoms with Gasteiger partial charge in [0.15, 0.2) is 0 Å². The summed E-state index contributed by atoms with van der Waals surface area (Å²) in [6, 6.07) is 0. The normalized spacial score (nSPS) is 14.2. The molecule has 0 saturated carbocycles. The van der Waals surface area contributed by atoms with Crippen molar-refractivity contribution in [3.8, 4) is 5.88 Å². The van der Waals surface area contributed by atoms with Crippen LogP contribution in [0.1, 0.15) is 11.4 Å². The molecule has 0 radical (unpaired) electrons. The first-order chi connectivity index (χ1) is 5.81. The maximum atomic E-state index is 5.86. The van der Waals surface area contributed by atoms with E-state index in [1.807, 2.05) is 0 Å². The molecule has 0 saturated heterocycles. The molecule has 1 aliphatic heterocycles. The van der Waals surface area contributed by atoms with Crippen molar-refractivity contribution in [2.24, 2.45) is 0 Å². The monoisotopic (exact) mass is 204 g/mol. The van der Waals surface area contributed by atoms with Crippen LogP contribution in [0.4, 0.5) is 0 Å². The molecule has 0 aliphatic carbocycles. The maximum absolute atomic E-state index is 5.86. The van der Waals surface area contributed by atoms with Crippen molar-refractivity contribution >= 4 is 23.2 Å². The minimum atomic E-state index is 0.260. The van der Waals surface area contributed by atoms with Gasteiger partial charge < -0.3 is 4.74 Å². The van der Waals surface area contributed by atoms with Gasteiger partial charge in [0.25, 0.3) is 0 Å². The van der Waals surface area contributed by atoms with Gasteiger partial charge in [0.1, 0.15) is 11.0 Å². The Bertz CT molecular complexity index is 317. The molecule has 0 aromatic carbocycles. The van der Waals surface area contributed by atoms with Gasteiger partial charge in [-0.05, 0) is 0 Å². The number of hydrogen-bond acceptors (Lipinski definition) is 3. The Balaban J connectivity index is 2.51. The Morgan fingerprint density at radius 1 is 1.42 bits per heavy atom. The van der Waals surface area contributed by atoms with Crippen LogP contribution in [0, 0.1) is 0 Å². The summed E-state index contributed by atoms with van der Waals surface area (Å²) in [7, 11) is 0. The van der Waals surface area contributed by atoms with E-state index in [0.29, 0.717) is 23.5 Å². The number of hydrogen-bond donors (Lipinski definition) is 0. The molecular formula is C7H6Cl2N2O. The number of ether oxygens (including phenoxy) is 1. The molecule has 0 amide bonds. The van der Waals surface area contributed by atoms with Crippen LogP contribution in [0.5, 0.6) is 5.88 Å². The van der Waals surface area contributed by atoms with E-state index >= 15 is 0 Å². The van der Waals surface area contributed by atoms with E-state index in [9.17, 15) is 0 Å². The first-order valence-corrected chi connectivity index (χ1v) is 4.46. The Labute approximate surface area is 79.7 Å². The molecule has 3 nitrogen and oxygen atoms in total. The second-order valence-corrected chi connectivity index (χ2v) is 3.07. The number of halogens is 2. The van der Waals surface area contributed by atoms with Gasteiger partial charge in [-0.25, -0.2) is 4.98 Å². The molecule has 1 aromatic heterocycles. The Morgan fingerprint density at radius 2 is 2.25 bits per heavy atom. The van der Waals surface area contributed by atoms with E-state index in [-0.39, 0.29) is 5.88 Å². The second kappa shape index (κ2) is 3.07. The predicted octanol–water partition coefficient (Wildman–Crippen LogP) is 1.80. The third-order valence-corrected chi connectivity index (χ3v) is 2.23. The van der Waals surface area contributed by atoms with Crippen molar-refractivity contribution in [2.45, 2.75) is 12.3 Å². The molecule has 1 aromatic rings. The summed E-state index contributed by atoms with van der Waals surface area (Å²) < 4.78 is 5.23. The number of aromatic nitrogens is 2. The molecule has 0 fully saturated rings. The van der Waals surface area contributed by atoms with Crippen molar-refractivity contribution in [2.75, 3.05) is 6.61 Å². The van der Waals surface area contributed by atoms with Crippen LogP contribution in [0.15, 0.2) is 0 Å². The molecule has 12 heavy (non-hydrogen) atoms. The number of fused-ring (bicyclic) bond motifs is 1. The van der Waals surface area contributed by atoms with Crippen molar-refractivity contribution < 1.29 is 4.74 Å². The fraction of sp³-hybridized carbons (Fsp3) is 0.429. The zero-order valence-electron chi connectivity index (χ0n) is 6.18. The average Bonchev–Trinajstić information content (AvgIpc) is 2.52. The quantitative estimate of drug-likeness (QED) is 0.517. The smallest absolute Gasteiger partial charge is 0.221 e. The fourth-order valence-electron chi connectivity index (χ4n) is 1.12. The molecule has 0 atom stereocenters. The zero-order valence-corrected chi connectivity index (χ0v) is 7.69. The van der Waals surface area contributed by atoms with Gasteiger partial charge in [0, 0.05) is 6.42 Å². The highest BCUT2D eigenvalue weighted by atomic mass is 35.5. The van der Waals surface area contributed by atoms with Crippen molar-refractivity contribution in [3.63, 3.8) is 0 Å². The van der Waals surface area contributed by atoms with Crippen LogP contribution in [-0.4, -0.2) is 16.6 Å². The minimum absolute atomic E-state index is 0.260. The SMILES string of the molecule is ClCc1nc(Cl)c2c(n1)OCC2. The molecule has 2 heterocycles. The van der Waals surface area contributed by atoms with Gasteiger partial charge >= 0.3 is 0 Å². The summed E-state index contributed by atoms with van der Waals surface area (Å²) >= 11 is 11.4. The molecule has 0 spiro atoms. The predicted molar refractivity (Wildman–Crippen MR) is 45.8 cm³/mol. The van der Waals surface area contributed by atoms with Gasteiger partial charge in [-0.3, -0.25) is 0 Å². The second-order valence-electron chi connectivity index (χ2n) is 2.45. The van der Waals surface area contributed by atoms with Gasteiger partial charge in [0.2, 0.25) is 5.88 Å². The third kappa shape index (κ3) is 1.23.